The van der Waals surface area contributed by atoms with Crippen molar-refractivity contribution in [1.29, 1.82) is 0 Å². The fraction of sp³-hybridized carbons (Fsp3) is 0.316. The van der Waals surface area contributed by atoms with E-state index in [0.29, 0.717) is 5.69 Å². The summed E-state index contributed by atoms with van der Waals surface area (Å²) in [5.74, 6) is 0.704. The Morgan fingerprint density at radius 2 is 1.69 bits per heavy atom. The number of aromatic nitrogens is 1. The van der Waals surface area contributed by atoms with Gasteiger partial charge in [-0.25, -0.2) is 9.88 Å². The molecular weight excluding hydrogens is 396 g/mol. The van der Waals surface area contributed by atoms with Gasteiger partial charge in [0.1, 0.15) is 5.82 Å². The van der Waals surface area contributed by atoms with E-state index in [0.717, 1.165) is 36.5 Å². The number of halogens is 1. The fourth-order valence-electron chi connectivity index (χ4n) is 3.57. The van der Waals surface area contributed by atoms with Crippen molar-refractivity contribution in [2.75, 3.05) is 36.0 Å². The van der Waals surface area contributed by atoms with Crippen molar-refractivity contribution >= 4 is 39.2 Å². The molecule has 3 heterocycles. The maximum Gasteiger partial charge on any atom is 0.251 e. The molecule has 2 aromatic rings. The summed E-state index contributed by atoms with van der Waals surface area (Å²) in [6, 6.07) is 12.8. The second-order valence-electron chi connectivity index (χ2n) is 6.47. The third kappa shape index (κ3) is 3.24. The Kier molecular flexibility index (Phi) is 4.74. The SMILES string of the molecule is O=C1C[C@H](N2CCN(c3ccccn3)CC2)C(=O)N1c1ccc(Br)cc1. The molecule has 7 heteroatoms. The second kappa shape index (κ2) is 7.17. The van der Waals surface area contributed by atoms with Crippen LogP contribution < -0.4 is 9.80 Å². The van der Waals surface area contributed by atoms with Gasteiger partial charge in [-0.15, -0.1) is 0 Å². The highest BCUT2D eigenvalue weighted by Crippen LogP contribution is 2.27. The highest BCUT2D eigenvalue weighted by molar-refractivity contribution is 9.10. The lowest BCUT2D eigenvalue weighted by Crippen LogP contribution is -2.52. The van der Waals surface area contributed by atoms with E-state index in [1.807, 2.05) is 30.3 Å². The number of rotatable bonds is 3. The van der Waals surface area contributed by atoms with E-state index >= 15 is 0 Å². The van der Waals surface area contributed by atoms with E-state index in [-0.39, 0.29) is 24.3 Å². The Bertz CT molecular complexity index is 804. The first kappa shape index (κ1) is 17.2. The van der Waals surface area contributed by atoms with Gasteiger partial charge < -0.3 is 4.90 Å². The molecule has 2 amide bonds. The number of carbonyl (C=O) groups is 2. The number of anilines is 2. The number of pyridine rings is 1. The van der Waals surface area contributed by atoms with Gasteiger partial charge in [-0.05, 0) is 36.4 Å². The van der Waals surface area contributed by atoms with Crippen molar-refractivity contribution in [2.45, 2.75) is 12.5 Å². The van der Waals surface area contributed by atoms with E-state index in [4.69, 9.17) is 0 Å². The number of nitrogens with zero attached hydrogens (tertiary/aromatic N) is 4. The summed E-state index contributed by atoms with van der Waals surface area (Å²) in [4.78, 5) is 35.4. The highest BCUT2D eigenvalue weighted by Gasteiger charge is 2.43. The molecule has 1 atom stereocenters. The standard InChI is InChI=1S/C19H19BrN4O2/c20-14-4-6-15(7-5-14)24-18(25)13-16(19(24)26)22-9-11-23(12-10-22)17-3-1-2-8-21-17/h1-8,16H,9-13H2/t16-/m0/s1. The van der Waals surface area contributed by atoms with Crippen LogP contribution in [0.2, 0.25) is 0 Å². The molecule has 1 aromatic heterocycles. The molecule has 0 N–H and O–H groups in total. The lowest BCUT2D eigenvalue weighted by Gasteiger charge is -2.37. The van der Waals surface area contributed by atoms with E-state index in [1.54, 1.807) is 18.3 Å². The molecule has 0 bridgehead atoms. The maximum atomic E-state index is 12.9. The molecule has 6 nitrogen and oxygen atoms in total. The lowest BCUT2D eigenvalue weighted by molar-refractivity contribution is -0.123. The third-order valence-electron chi connectivity index (χ3n) is 4.94. The van der Waals surface area contributed by atoms with Crippen molar-refractivity contribution in [1.82, 2.24) is 9.88 Å². The first-order valence-electron chi connectivity index (χ1n) is 8.66. The van der Waals surface area contributed by atoms with Crippen molar-refractivity contribution in [3.63, 3.8) is 0 Å². The van der Waals surface area contributed by atoms with Gasteiger partial charge in [0, 0.05) is 36.8 Å². The molecule has 0 spiro atoms. The van der Waals surface area contributed by atoms with Gasteiger partial charge in [-0.1, -0.05) is 22.0 Å². The molecule has 0 saturated carbocycles. The van der Waals surface area contributed by atoms with Crippen molar-refractivity contribution in [3.8, 4) is 0 Å². The number of imide groups is 1. The van der Waals surface area contributed by atoms with Gasteiger partial charge in [-0.3, -0.25) is 14.5 Å². The van der Waals surface area contributed by atoms with Gasteiger partial charge in [0.25, 0.3) is 5.91 Å². The molecular formula is C19H19BrN4O2. The normalized spacial score (nSPS) is 21.5. The number of amides is 2. The monoisotopic (exact) mass is 414 g/mol. The molecule has 1 aromatic carbocycles. The van der Waals surface area contributed by atoms with Gasteiger partial charge in [0.05, 0.1) is 18.2 Å². The van der Waals surface area contributed by atoms with Gasteiger partial charge in [0.15, 0.2) is 0 Å². The predicted molar refractivity (Wildman–Crippen MR) is 103 cm³/mol. The van der Waals surface area contributed by atoms with Crippen LogP contribution in [0.25, 0.3) is 0 Å². The van der Waals surface area contributed by atoms with Crippen molar-refractivity contribution < 1.29 is 9.59 Å². The smallest absolute Gasteiger partial charge is 0.251 e. The molecule has 2 aliphatic rings. The summed E-state index contributed by atoms with van der Waals surface area (Å²) >= 11 is 3.38. The third-order valence-corrected chi connectivity index (χ3v) is 5.46. The number of hydrogen-bond donors (Lipinski definition) is 0. The van der Waals surface area contributed by atoms with Crippen molar-refractivity contribution in [2.24, 2.45) is 0 Å². The first-order valence-corrected chi connectivity index (χ1v) is 9.45. The maximum absolute atomic E-state index is 12.9. The van der Waals surface area contributed by atoms with Crippen LogP contribution in [-0.4, -0.2) is 53.9 Å². The van der Waals surface area contributed by atoms with Crippen LogP contribution in [-0.2, 0) is 9.59 Å². The van der Waals surface area contributed by atoms with E-state index < -0.39 is 0 Å². The molecule has 2 saturated heterocycles. The number of hydrogen-bond acceptors (Lipinski definition) is 5. The minimum atomic E-state index is -0.364. The molecule has 0 radical (unpaired) electrons. The van der Waals surface area contributed by atoms with Crippen LogP contribution in [0.15, 0.2) is 53.1 Å². The zero-order valence-corrected chi connectivity index (χ0v) is 15.8. The molecule has 0 unspecified atom stereocenters. The number of piperazine rings is 1. The summed E-state index contributed by atoms with van der Waals surface area (Å²) in [6.45, 7) is 3.09. The predicted octanol–water partition coefficient (Wildman–Crippen LogP) is 2.30. The molecule has 4 rings (SSSR count). The summed E-state index contributed by atoms with van der Waals surface area (Å²) in [7, 11) is 0. The fourth-order valence-corrected chi connectivity index (χ4v) is 3.83. The molecule has 2 aliphatic heterocycles. The topological polar surface area (TPSA) is 56.8 Å². The number of carbonyl (C=O) groups excluding carboxylic acids is 2. The largest absolute Gasteiger partial charge is 0.354 e. The van der Waals surface area contributed by atoms with Gasteiger partial charge >= 0.3 is 0 Å². The Labute approximate surface area is 160 Å². The van der Waals surface area contributed by atoms with Crippen molar-refractivity contribution in [3.05, 3.63) is 53.1 Å². The van der Waals surface area contributed by atoms with Gasteiger partial charge in [-0.2, -0.15) is 0 Å². The number of benzene rings is 1. The Morgan fingerprint density at radius 3 is 2.35 bits per heavy atom. The Balaban J connectivity index is 1.44. The Hall–Kier alpha value is -2.25. The zero-order valence-electron chi connectivity index (χ0n) is 14.2. The molecule has 0 aliphatic carbocycles. The molecule has 26 heavy (non-hydrogen) atoms. The quantitative estimate of drug-likeness (QED) is 0.721. The average Bonchev–Trinajstić information content (AvgIpc) is 2.98. The molecule has 134 valence electrons. The summed E-state index contributed by atoms with van der Waals surface area (Å²) in [5.41, 5.74) is 0.637. The second-order valence-corrected chi connectivity index (χ2v) is 7.39. The van der Waals surface area contributed by atoms with Crippen LogP contribution in [0.1, 0.15) is 6.42 Å². The van der Waals surface area contributed by atoms with E-state index in [9.17, 15) is 9.59 Å². The van der Waals surface area contributed by atoms with Crippen LogP contribution >= 0.6 is 15.9 Å². The minimum Gasteiger partial charge on any atom is -0.354 e. The van der Waals surface area contributed by atoms with E-state index in [2.05, 4.69) is 30.7 Å². The molecule has 2 fully saturated rings. The Morgan fingerprint density at radius 1 is 0.962 bits per heavy atom. The van der Waals surface area contributed by atoms with Crippen LogP contribution in [0, 0.1) is 0 Å². The summed E-state index contributed by atoms with van der Waals surface area (Å²) in [5, 5.41) is 0. The summed E-state index contributed by atoms with van der Waals surface area (Å²) in [6.07, 6.45) is 2.04. The van der Waals surface area contributed by atoms with E-state index in [1.165, 1.54) is 4.90 Å². The average molecular weight is 415 g/mol. The van der Waals surface area contributed by atoms with Gasteiger partial charge in [0.2, 0.25) is 5.91 Å². The van der Waals surface area contributed by atoms with Crippen LogP contribution in [0.5, 0.6) is 0 Å². The highest BCUT2D eigenvalue weighted by atomic mass is 79.9. The van der Waals surface area contributed by atoms with Crippen LogP contribution in [0.3, 0.4) is 0 Å². The zero-order chi connectivity index (χ0) is 18.1. The minimum absolute atomic E-state index is 0.122. The first-order chi connectivity index (χ1) is 12.6. The summed E-state index contributed by atoms with van der Waals surface area (Å²) < 4.78 is 0.919. The lowest BCUT2D eigenvalue weighted by atomic mass is 10.1. The van der Waals surface area contributed by atoms with Crippen LogP contribution in [0.4, 0.5) is 11.5 Å².